The highest BCUT2D eigenvalue weighted by Crippen LogP contribution is 2.46. The summed E-state index contributed by atoms with van der Waals surface area (Å²) in [6, 6.07) is 10.0. The maximum absolute atomic E-state index is 14.9. The third-order valence-corrected chi connectivity index (χ3v) is 7.68. The van der Waals surface area contributed by atoms with E-state index in [1.165, 1.54) is 18.7 Å². The number of fused-ring (bicyclic) bond motifs is 3. The molecule has 3 atom stereocenters. The van der Waals surface area contributed by atoms with Gasteiger partial charge in [-0.15, -0.1) is 6.42 Å². The van der Waals surface area contributed by atoms with Crippen molar-refractivity contribution in [3.8, 4) is 12.3 Å². The van der Waals surface area contributed by atoms with Crippen molar-refractivity contribution in [3.05, 3.63) is 63.8 Å². The Morgan fingerprint density at radius 1 is 1.29 bits per heavy atom. The maximum atomic E-state index is 14.9. The van der Waals surface area contributed by atoms with Crippen LogP contribution in [0.3, 0.4) is 0 Å². The van der Waals surface area contributed by atoms with Crippen LogP contribution in [-0.4, -0.2) is 51.9 Å². The van der Waals surface area contributed by atoms with E-state index in [-0.39, 0.29) is 31.0 Å². The van der Waals surface area contributed by atoms with Crippen LogP contribution in [-0.2, 0) is 15.0 Å². The predicted octanol–water partition coefficient (Wildman–Crippen LogP) is 4.84. The minimum Gasteiger partial charge on any atom is -0.350 e. The summed E-state index contributed by atoms with van der Waals surface area (Å²) >= 11 is 12.3. The highest BCUT2D eigenvalue weighted by molar-refractivity contribution is 6.38. The molecular formula is C28H25Cl2FN4O3. The van der Waals surface area contributed by atoms with Gasteiger partial charge in [0.15, 0.2) is 0 Å². The van der Waals surface area contributed by atoms with Crippen LogP contribution >= 0.6 is 23.2 Å². The Bertz CT molecular complexity index is 1520. The number of alkyl halides is 1. The van der Waals surface area contributed by atoms with Gasteiger partial charge in [0.1, 0.15) is 17.4 Å². The number of likely N-dealkylation sites (tertiary alicyclic amines) is 1. The predicted molar refractivity (Wildman–Crippen MR) is 145 cm³/mol. The van der Waals surface area contributed by atoms with Gasteiger partial charge in [0.05, 0.1) is 16.5 Å². The first-order valence-corrected chi connectivity index (χ1v) is 12.8. The fourth-order valence-corrected chi connectivity index (χ4v) is 5.97. The van der Waals surface area contributed by atoms with Crippen molar-refractivity contribution >= 4 is 57.5 Å². The van der Waals surface area contributed by atoms with Crippen molar-refractivity contribution in [1.29, 1.82) is 0 Å². The number of halogens is 3. The average Bonchev–Trinajstić information content (AvgIpc) is 3.52. The molecule has 2 aliphatic heterocycles. The molecule has 196 valence electrons. The number of hydrogen-bond donors (Lipinski definition) is 3. The Kier molecular flexibility index (Phi) is 6.41. The number of nitrogens with zero attached hydrogens (tertiary/aromatic N) is 1. The molecule has 3 aromatic rings. The lowest BCUT2D eigenvalue weighted by atomic mass is 9.79. The first kappa shape index (κ1) is 26.1. The zero-order valence-corrected chi connectivity index (χ0v) is 22.2. The van der Waals surface area contributed by atoms with Crippen LogP contribution < -0.4 is 10.6 Å². The molecule has 0 saturated carbocycles. The first-order valence-electron chi connectivity index (χ1n) is 12.1. The van der Waals surface area contributed by atoms with E-state index in [0.29, 0.717) is 26.6 Å². The highest BCUT2D eigenvalue weighted by Gasteiger charge is 2.56. The molecule has 1 spiro atoms. The number of benzene rings is 2. The lowest BCUT2D eigenvalue weighted by Crippen LogP contribution is -2.52. The number of nitrogens with one attached hydrogen (secondary N) is 3. The van der Waals surface area contributed by atoms with Gasteiger partial charge in [-0.05, 0) is 50.1 Å². The van der Waals surface area contributed by atoms with E-state index in [1.54, 1.807) is 24.3 Å². The SMILES string of the molecule is C#C[C@@H]1C[C@@]2(CN1C(=O)[C@H](CC(C)(C)F)NC(=O)c1cc3c(Cl)cc(Cl)cc3[nH]1)C(=O)Nc1ccccc12. The molecule has 0 unspecified atom stereocenters. The van der Waals surface area contributed by atoms with Gasteiger partial charge in [-0.1, -0.05) is 47.3 Å². The molecule has 38 heavy (non-hydrogen) atoms. The standard InChI is InChI=1S/C28H25Cl2FN4O3/c1-4-16-12-28(18-7-5-6-8-20(18)34-26(28)38)14-35(16)25(37)23(13-27(2,3)31)33-24(36)22-11-17-19(30)9-15(29)10-21(17)32-22/h1,5-11,16,23,32H,12-14H2,2-3H3,(H,33,36)(H,34,38)/t16-,23+,28+/m1/s1. The van der Waals surface area contributed by atoms with Gasteiger partial charge in [0.2, 0.25) is 11.8 Å². The van der Waals surface area contributed by atoms with E-state index < -0.39 is 35.0 Å². The second-order valence-electron chi connectivity index (χ2n) is 10.4. The normalized spacial score (nSPS) is 21.3. The molecule has 10 heteroatoms. The summed E-state index contributed by atoms with van der Waals surface area (Å²) in [5.41, 5.74) is -0.688. The monoisotopic (exact) mass is 554 g/mol. The lowest BCUT2D eigenvalue weighted by Gasteiger charge is -2.30. The van der Waals surface area contributed by atoms with E-state index >= 15 is 0 Å². The number of aromatic nitrogens is 1. The fourth-order valence-electron chi connectivity index (χ4n) is 5.42. The second kappa shape index (κ2) is 9.33. The highest BCUT2D eigenvalue weighted by atomic mass is 35.5. The van der Waals surface area contributed by atoms with Crippen LogP contribution in [0, 0.1) is 12.3 Å². The third-order valence-electron chi connectivity index (χ3n) is 7.15. The molecule has 3 N–H and O–H groups in total. The van der Waals surface area contributed by atoms with Crippen LogP contribution in [0.2, 0.25) is 10.0 Å². The molecule has 2 aliphatic rings. The molecule has 3 amide bonds. The maximum Gasteiger partial charge on any atom is 0.268 e. The van der Waals surface area contributed by atoms with Crippen molar-refractivity contribution in [1.82, 2.24) is 15.2 Å². The molecule has 1 fully saturated rings. The smallest absolute Gasteiger partial charge is 0.268 e. The lowest BCUT2D eigenvalue weighted by molar-refractivity contribution is -0.134. The van der Waals surface area contributed by atoms with Crippen molar-refractivity contribution in [2.24, 2.45) is 0 Å². The Labute approximate surface area is 229 Å². The van der Waals surface area contributed by atoms with Gasteiger partial charge in [0.25, 0.3) is 5.91 Å². The number of H-pyrrole nitrogens is 1. The van der Waals surface area contributed by atoms with Crippen molar-refractivity contribution in [2.75, 3.05) is 11.9 Å². The molecule has 7 nitrogen and oxygen atoms in total. The fraction of sp³-hybridized carbons (Fsp3) is 0.321. The molecule has 1 aromatic heterocycles. The van der Waals surface area contributed by atoms with Gasteiger partial charge in [0, 0.05) is 34.6 Å². The molecular weight excluding hydrogens is 530 g/mol. The van der Waals surface area contributed by atoms with Crippen LogP contribution in [0.1, 0.15) is 42.7 Å². The van der Waals surface area contributed by atoms with Gasteiger partial charge in [-0.3, -0.25) is 14.4 Å². The second-order valence-corrected chi connectivity index (χ2v) is 11.3. The van der Waals surface area contributed by atoms with Crippen molar-refractivity contribution in [3.63, 3.8) is 0 Å². The zero-order valence-electron chi connectivity index (χ0n) is 20.7. The number of terminal acetylenes is 1. The summed E-state index contributed by atoms with van der Waals surface area (Å²) in [5, 5.41) is 6.87. The van der Waals surface area contributed by atoms with E-state index in [4.69, 9.17) is 29.6 Å². The number of rotatable bonds is 5. The number of carbonyl (C=O) groups excluding carboxylic acids is 3. The van der Waals surface area contributed by atoms with Gasteiger partial charge < -0.3 is 20.5 Å². The van der Waals surface area contributed by atoms with E-state index in [9.17, 15) is 18.8 Å². The summed E-state index contributed by atoms with van der Waals surface area (Å²) in [4.78, 5) is 44.5. The number of carbonyl (C=O) groups is 3. The molecule has 3 heterocycles. The van der Waals surface area contributed by atoms with Crippen molar-refractivity contribution in [2.45, 2.75) is 49.9 Å². The Morgan fingerprint density at radius 3 is 2.74 bits per heavy atom. The zero-order chi connectivity index (χ0) is 27.4. The Balaban J connectivity index is 1.45. The molecule has 0 bridgehead atoms. The van der Waals surface area contributed by atoms with Crippen LogP contribution in [0.15, 0.2) is 42.5 Å². The van der Waals surface area contributed by atoms with Crippen molar-refractivity contribution < 1.29 is 18.8 Å². The minimum atomic E-state index is -1.79. The van der Waals surface area contributed by atoms with Crippen LogP contribution in [0.4, 0.5) is 10.1 Å². The summed E-state index contributed by atoms with van der Waals surface area (Å²) < 4.78 is 14.9. The summed E-state index contributed by atoms with van der Waals surface area (Å²) in [7, 11) is 0. The van der Waals surface area contributed by atoms with Gasteiger partial charge in [-0.2, -0.15) is 0 Å². The van der Waals surface area contributed by atoms with Gasteiger partial charge in [-0.25, -0.2) is 4.39 Å². The Hall–Kier alpha value is -3.54. The summed E-state index contributed by atoms with van der Waals surface area (Å²) in [5.74, 6) is 1.20. The van der Waals surface area contributed by atoms with Crippen LogP contribution in [0.5, 0.6) is 0 Å². The molecule has 1 saturated heterocycles. The number of amides is 3. The third kappa shape index (κ3) is 4.50. The largest absolute Gasteiger partial charge is 0.350 e. The van der Waals surface area contributed by atoms with Crippen LogP contribution in [0.25, 0.3) is 10.9 Å². The van der Waals surface area contributed by atoms with E-state index in [1.807, 2.05) is 18.2 Å². The van der Waals surface area contributed by atoms with Gasteiger partial charge >= 0.3 is 0 Å². The number of para-hydroxylation sites is 1. The average molecular weight is 555 g/mol. The minimum absolute atomic E-state index is 0.0170. The number of anilines is 1. The number of hydrogen-bond acceptors (Lipinski definition) is 3. The topological polar surface area (TPSA) is 94.3 Å². The van der Waals surface area contributed by atoms with E-state index in [2.05, 4.69) is 21.5 Å². The molecule has 5 rings (SSSR count). The summed E-state index contributed by atoms with van der Waals surface area (Å²) in [6.45, 7) is 2.67. The quantitative estimate of drug-likeness (QED) is 0.394. The molecule has 0 radical (unpaired) electrons. The molecule has 0 aliphatic carbocycles. The summed E-state index contributed by atoms with van der Waals surface area (Å²) in [6.07, 6.45) is 5.73. The number of aromatic amines is 1. The Morgan fingerprint density at radius 2 is 2.03 bits per heavy atom. The van der Waals surface area contributed by atoms with E-state index in [0.717, 1.165) is 5.56 Å². The molecule has 2 aromatic carbocycles. The first-order chi connectivity index (χ1) is 17.9.